The van der Waals surface area contributed by atoms with E-state index in [4.69, 9.17) is 0 Å². The van der Waals surface area contributed by atoms with Gasteiger partial charge in [0, 0.05) is 30.8 Å². The van der Waals surface area contributed by atoms with Crippen LogP contribution in [0.1, 0.15) is 42.5 Å². The van der Waals surface area contributed by atoms with E-state index in [-0.39, 0.29) is 11.8 Å². The summed E-state index contributed by atoms with van der Waals surface area (Å²) < 4.78 is 0. The number of likely N-dealkylation sites (tertiary alicyclic amines) is 1. The van der Waals surface area contributed by atoms with Gasteiger partial charge in [0.2, 0.25) is 5.91 Å². The Morgan fingerprint density at radius 2 is 1.86 bits per heavy atom. The van der Waals surface area contributed by atoms with Crippen molar-refractivity contribution >= 4 is 17.5 Å². The molecule has 1 N–H and O–H groups in total. The van der Waals surface area contributed by atoms with E-state index in [9.17, 15) is 9.59 Å². The van der Waals surface area contributed by atoms with Crippen LogP contribution in [0, 0.1) is 5.92 Å². The largest absolute Gasteiger partial charge is 0.339 e. The molecule has 0 spiro atoms. The number of carbonyl (C=O) groups is 2. The third-order valence-corrected chi connectivity index (χ3v) is 4.37. The summed E-state index contributed by atoms with van der Waals surface area (Å²) in [4.78, 5) is 26.1. The predicted octanol–water partition coefficient (Wildman–Crippen LogP) is 3.22. The van der Waals surface area contributed by atoms with Gasteiger partial charge in [-0.05, 0) is 55.9 Å². The summed E-state index contributed by atoms with van der Waals surface area (Å²) in [5.41, 5.74) is 1.45. The van der Waals surface area contributed by atoms with Crippen LogP contribution in [0.4, 0.5) is 5.69 Å². The molecule has 0 aromatic heterocycles. The molecule has 2 aliphatic rings. The molecule has 1 atom stereocenters. The van der Waals surface area contributed by atoms with Gasteiger partial charge < -0.3 is 10.2 Å². The molecule has 0 bridgehead atoms. The summed E-state index contributed by atoms with van der Waals surface area (Å²) in [5.74, 6) is 0.498. The van der Waals surface area contributed by atoms with Gasteiger partial charge in [-0.2, -0.15) is 0 Å². The lowest BCUT2D eigenvalue weighted by atomic mass is 10.0. The molecule has 4 heteroatoms. The Morgan fingerprint density at radius 3 is 2.50 bits per heavy atom. The van der Waals surface area contributed by atoms with Gasteiger partial charge in [0.05, 0.1) is 0 Å². The maximum absolute atomic E-state index is 12.2. The predicted molar refractivity (Wildman–Crippen MR) is 86.7 cm³/mol. The molecule has 1 aromatic carbocycles. The fraction of sp³-hybridized carbons (Fsp3) is 0.444. The molecule has 1 fully saturated rings. The molecular formula is C18H22N2O2. The fourth-order valence-electron chi connectivity index (χ4n) is 3.11. The number of amides is 2. The van der Waals surface area contributed by atoms with Crippen molar-refractivity contribution in [3.05, 3.63) is 42.0 Å². The molecule has 1 aliphatic carbocycles. The van der Waals surface area contributed by atoms with Gasteiger partial charge in [0.1, 0.15) is 0 Å². The van der Waals surface area contributed by atoms with Crippen molar-refractivity contribution in [2.45, 2.75) is 32.1 Å². The van der Waals surface area contributed by atoms with Crippen molar-refractivity contribution < 1.29 is 9.59 Å². The Bertz CT molecular complexity index is 571. The van der Waals surface area contributed by atoms with Crippen LogP contribution in [0.15, 0.2) is 36.4 Å². The van der Waals surface area contributed by atoms with Crippen molar-refractivity contribution in [2.75, 3.05) is 18.4 Å². The Kier molecular flexibility index (Phi) is 4.56. The van der Waals surface area contributed by atoms with Crippen LogP contribution in [0.2, 0.25) is 0 Å². The Labute approximate surface area is 131 Å². The van der Waals surface area contributed by atoms with Crippen LogP contribution in [0.3, 0.4) is 0 Å². The Hall–Kier alpha value is -2.10. The van der Waals surface area contributed by atoms with Gasteiger partial charge in [-0.3, -0.25) is 9.59 Å². The first-order chi connectivity index (χ1) is 10.7. The average molecular weight is 298 g/mol. The summed E-state index contributed by atoms with van der Waals surface area (Å²) in [5, 5.41) is 2.91. The second-order valence-corrected chi connectivity index (χ2v) is 6.09. The molecular weight excluding hydrogens is 276 g/mol. The van der Waals surface area contributed by atoms with Gasteiger partial charge in [0.15, 0.2) is 0 Å². The smallest absolute Gasteiger partial charge is 0.253 e. The second-order valence-electron chi connectivity index (χ2n) is 6.09. The average Bonchev–Trinajstić information content (AvgIpc) is 3.20. The molecule has 1 heterocycles. The van der Waals surface area contributed by atoms with E-state index in [2.05, 4.69) is 17.5 Å². The van der Waals surface area contributed by atoms with E-state index in [1.54, 1.807) is 12.1 Å². The van der Waals surface area contributed by atoms with Crippen LogP contribution in [0.25, 0.3) is 0 Å². The van der Waals surface area contributed by atoms with Crippen LogP contribution in [-0.4, -0.2) is 29.8 Å². The number of benzene rings is 1. The van der Waals surface area contributed by atoms with Gasteiger partial charge >= 0.3 is 0 Å². The first kappa shape index (κ1) is 14.8. The normalized spacial score (nSPS) is 20.4. The van der Waals surface area contributed by atoms with Crippen molar-refractivity contribution in [3.63, 3.8) is 0 Å². The number of allylic oxidation sites excluding steroid dienone is 2. The fourth-order valence-corrected chi connectivity index (χ4v) is 3.11. The molecule has 3 rings (SSSR count). The number of nitrogens with zero attached hydrogens (tertiary/aromatic N) is 1. The number of rotatable bonds is 4. The Balaban J connectivity index is 1.55. The second kappa shape index (κ2) is 6.77. The van der Waals surface area contributed by atoms with Crippen LogP contribution >= 0.6 is 0 Å². The molecule has 4 nitrogen and oxygen atoms in total. The molecule has 1 saturated heterocycles. The molecule has 0 unspecified atom stereocenters. The third kappa shape index (κ3) is 3.56. The van der Waals surface area contributed by atoms with Crippen LogP contribution in [-0.2, 0) is 4.79 Å². The zero-order valence-electron chi connectivity index (χ0n) is 12.8. The first-order valence-corrected chi connectivity index (χ1v) is 8.08. The molecule has 0 radical (unpaired) electrons. The zero-order chi connectivity index (χ0) is 15.4. The van der Waals surface area contributed by atoms with Crippen molar-refractivity contribution in [1.29, 1.82) is 0 Å². The number of carbonyl (C=O) groups excluding carboxylic acids is 2. The summed E-state index contributed by atoms with van der Waals surface area (Å²) in [7, 11) is 0. The third-order valence-electron chi connectivity index (χ3n) is 4.37. The minimum absolute atomic E-state index is 0.0372. The summed E-state index contributed by atoms with van der Waals surface area (Å²) in [6.45, 7) is 1.71. The molecule has 2 amide bonds. The monoisotopic (exact) mass is 298 g/mol. The van der Waals surface area contributed by atoms with Gasteiger partial charge in [-0.15, -0.1) is 0 Å². The number of anilines is 1. The van der Waals surface area contributed by atoms with E-state index in [0.717, 1.165) is 44.5 Å². The highest BCUT2D eigenvalue weighted by Crippen LogP contribution is 2.21. The van der Waals surface area contributed by atoms with Crippen LogP contribution < -0.4 is 5.32 Å². The highest BCUT2D eigenvalue weighted by molar-refractivity contribution is 5.96. The summed E-state index contributed by atoms with van der Waals surface area (Å²) in [6.07, 6.45) is 9.12. The van der Waals surface area contributed by atoms with Crippen molar-refractivity contribution in [1.82, 2.24) is 4.90 Å². The van der Waals surface area contributed by atoms with E-state index < -0.39 is 0 Å². The van der Waals surface area contributed by atoms with Crippen molar-refractivity contribution in [2.24, 2.45) is 5.92 Å². The minimum atomic E-state index is 0.0372. The summed E-state index contributed by atoms with van der Waals surface area (Å²) in [6, 6.07) is 7.22. The molecule has 22 heavy (non-hydrogen) atoms. The lowest BCUT2D eigenvalue weighted by molar-refractivity contribution is -0.116. The quantitative estimate of drug-likeness (QED) is 0.868. The minimum Gasteiger partial charge on any atom is -0.339 e. The standard InChI is InChI=1S/C18H22N2O2/c21-17(13-14-5-1-2-6-14)19-16-9-7-15(8-10-16)18(22)20-11-3-4-12-20/h1,5,7-10,14H,2-4,6,11-13H2,(H,19,21)/t14-/m0/s1. The molecule has 1 aromatic rings. The molecule has 116 valence electrons. The number of nitrogens with one attached hydrogen (secondary N) is 1. The topological polar surface area (TPSA) is 49.4 Å². The molecule has 0 saturated carbocycles. The van der Waals surface area contributed by atoms with Crippen LogP contribution in [0.5, 0.6) is 0 Å². The van der Waals surface area contributed by atoms with E-state index >= 15 is 0 Å². The lowest BCUT2D eigenvalue weighted by Gasteiger charge is -2.15. The number of hydrogen-bond donors (Lipinski definition) is 1. The first-order valence-electron chi connectivity index (χ1n) is 8.08. The van der Waals surface area contributed by atoms with Gasteiger partial charge in [-0.1, -0.05) is 12.2 Å². The Morgan fingerprint density at radius 1 is 1.14 bits per heavy atom. The zero-order valence-corrected chi connectivity index (χ0v) is 12.8. The lowest BCUT2D eigenvalue weighted by Crippen LogP contribution is -2.27. The number of hydrogen-bond acceptors (Lipinski definition) is 2. The maximum Gasteiger partial charge on any atom is 0.253 e. The SMILES string of the molecule is O=C(C[C@H]1C=CCC1)Nc1ccc(C(=O)N2CCCC2)cc1. The van der Waals surface area contributed by atoms with E-state index in [0.29, 0.717) is 17.9 Å². The summed E-state index contributed by atoms with van der Waals surface area (Å²) >= 11 is 0. The van der Waals surface area contributed by atoms with Gasteiger partial charge in [-0.25, -0.2) is 0 Å². The molecule has 1 aliphatic heterocycles. The van der Waals surface area contributed by atoms with Gasteiger partial charge in [0.25, 0.3) is 5.91 Å². The highest BCUT2D eigenvalue weighted by atomic mass is 16.2. The van der Waals surface area contributed by atoms with Crippen molar-refractivity contribution in [3.8, 4) is 0 Å². The van der Waals surface area contributed by atoms with E-state index in [1.807, 2.05) is 17.0 Å². The highest BCUT2D eigenvalue weighted by Gasteiger charge is 2.19. The maximum atomic E-state index is 12.2. The van der Waals surface area contributed by atoms with E-state index in [1.165, 1.54) is 0 Å².